The molecule has 0 unspecified atom stereocenters. The summed E-state index contributed by atoms with van der Waals surface area (Å²) in [6, 6.07) is 11.6. The Hall–Kier alpha value is -3.73. The lowest BCUT2D eigenvalue weighted by Gasteiger charge is -2.32. The lowest BCUT2D eigenvalue weighted by molar-refractivity contribution is 0.0981. The molecule has 1 amide bonds. The first-order valence-corrected chi connectivity index (χ1v) is 14.0. The van der Waals surface area contributed by atoms with Crippen molar-refractivity contribution in [1.29, 1.82) is 0 Å². The van der Waals surface area contributed by atoms with Crippen LogP contribution in [0.5, 0.6) is 5.75 Å². The van der Waals surface area contributed by atoms with Crippen molar-refractivity contribution in [3.63, 3.8) is 0 Å². The maximum absolute atomic E-state index is 14.9. The summed E-state index contributed by atoms with van der Waals surface area (Å²) < 4.78 is 48.4. The summed E-state index contributed by atoms with van der Waals surface area (Å²) in [7, 11) is -4.29. The number of carbonyl (C=O) groups excluding carboxylic acids is 1. The van der Waals surface area contributed by atoms with Crippen LogP contribution in [-0.2, 0) is 10.0 Å². The summed E-state index contributed by atoms with van der Waals surface area (Å²) in [4.78, 5) is 23.7. The van der Waals surface area contributed by atoms with Crippen LogP contribution in [0.2, 0.25) is 0 Å². The molecule has 1 fully saturated rings. The fourth-order valence-electron chi connectivity index (χ4n) is 4.10. The lowest BCUT2D eigenvalue weighted by Crippen LogP contribution is -2.37. The van der Waals surface area contributed by atoms with E-state index in [-0.39, 0.29) is 27.8 Å². The molecular formula is C27H32FN5O4S. The number of nitrogen functional groups attached to an aromatic ring is 1. The topological polar surface area (TPSA) is 128 Å². The number of amides is 1. The van der Waals surface area contributed by atoms with Gasteiger partial charge >= 0.3 is 0 Å². The van der Waals surface area contributed by atoms with Gasteiger partial charge in [-0.3, -0.25) is 4.79 Å². The van der Waals surface area contributed by atoms with E-state index in [2.05, 4.69) is 21.6 Å². The van der Waals surface area contributed by atoms with Crippen LogP contribution in [0, 0.1) is 17.7 Å². The summed E-state index contributed by atoms with van der Waals surface area (Å²) in [5.41, 5.74) is 6.20. The highest BCUT2D eigenvalue weighted by molar-refractivity contribution is 7.90. The van der Waals surface area contributed by atoms with Gasteiger partial charge in [-0.15, -0.1) is 0 Å². The maximum atomic E-state index is 14.9. The first-order valence-electron chi connectivity index (χ1n) is 12.5. The predicted octanol–water partition coefficient (Wildman–Crippen LogP) is 4.25. The van der Waals surface area contributed by atoms with Crippen molar-refractivity contribution < 1.29 is 22.3 Å². The van der Waals surface area contributed by atoms with Gasteiger partial charge in [0.05, 0.1) is 17.9 Å². The van der Waals surface area contributed by atoms with E-state index in [0.29, 0.717) is 43.0 Å². The van der Waals surface area contributed by atoms with E-state index in [1.165, 1.54) is 36.4 Å². The molecule has 11 heteroatoms. The number of nitrogens with zero attached hydrogens (tertiary/aromatic N) is 3. The first kappa shape index (κ1) is 27.3. The molecule has 1 aliphatic rings. The minimum absolute atomic E-state index is 0.0103. The number of halogens is 1. The summed E-state index contributed by atoms with van der Waals surface area (Å²) in [5, 5.41) is -0.371. The van der Waals surface area contributed by atoms with Crippen LogP contribution in [0.1, 0.15) is 44.0 Å². The second-order valence-corrected chi connectivity index (χ2v) is 11.5. The zero-order valence-electron chi connectivity index (χ0n) is 21.6. The molecule has 3 aromatic rings. The zero-order valence-corrected chi connectivity index (χ0v) is 22.5. The fourth-order valence-corrected chi connectivity index (χ4v) is 5.04. The van der Waals surface area contributed by atoms with Crippen LogP contribution in [0.25, 0.3) is 11.3 Å². The van der Waals surface area contributed by atoms with Crippen molar-refractivity contribution in [3.05, 3.63) is 59.9 Å². The van der Waals surface area contributed by atoms with Gasteiger partial charge in [0.1, 0.15) is 23.2 Å². The smallest absolute Gasteiger partial charge is 0.281 e. The van der Waals surface area contributed by atoms with E-state index in [4.69, 9.17) is 10.5 Å². The largest absolute Gasteiger partial charge is 0.493 e. The van der Waals surface area contributed by atoms with E-state index >= 15 is 0 Å². The number of benzene rings is 1. The van der Waals surface area contributed by atoms with Crippen molar-refractivity contribution in [2.45, 2.75) is 38.6 Å². The van der Waals surface area contributed by atoms with Gasteiger partial charge in [0, 0.05) is 18.7 Å². The Morgan fingerprint density at radius 3 is 2.58 bits per heavy atom. The molecule has 202 valence electrons. The van der Waals surface area contributed by atoms with E-state index in [1.807, 2.05) is 18.7 Å². The van der Waals surface area contributed by atoms with Crippen LogP contribution in [0.4, 0.5) is 16.0 Å². The standard InChI is InChI=1S/C27H32FN5O4S/c1-17(2)16-37-19-7-9-22(28)21(15-19)23-10-8-20(26(30-23)33-13-11-18(3)12-14-33)27(34)32-38(35,36)25-6-4-5-24(29)31-25/h4-10,15,17-18H,11-14,16H2,1-3H3,(H2,29,31)(H,32,34). The molecule has 4 rings (SSSR count). The third kappa shape index (κ3) is 6.39. The number of anilines is 2. The normalized spacial score (nSPS) is 14.5. The van der Waals surface area contributed by atoms with Crippen LogP contribution < -0.4 is 20.1 Å². The molecule has 1 saturated heterocycles. The number of sulfonamides is 1. The molecule has 0 radical (unpaired) electrons. The van der Waals surface area contributed by atoms with Gasteiger partial charge in [0.15, 0.2) is 5.03 Å². The minimum Gasteiger partial charge on any atom is -0.493 e. The highest BCUT2D eigenvalue weighted by atomic mass is 32.2. The Morgan fingerprint density at radius 1 is 1.16 bits per heavy atom. The van der Waals surface area contributed by atoms with Gasteiger partial charge in [-0.2, -0.15) is 8.42 Å². The minimum atomic E-state index is -4.29. The van der Waals surface area contributed by atoms with Crippen molar-refractivity contribution in [2.75, 3.05) is 30.3 Å². The maximum Gasteiger partial charge on any atom is 0.281 e. The van der Waals surface area contributed by atoms with Gasteiger partial charge < -0.3 is 15.4 Å². The Morgan fingerprint density at radius 2 is 1.89 bits per heavy atom. The molecule has 9 nitrogen and oxygen atoms in total. The SMILES string of the molecule is CC(C)COc1ccc(F)c(-c2ccc(C(=O)NS(=O)(=O)c3cccc(N)n3)c(N3CCC(C)CC3)n2)c1. The molecule has 0 bridgehead atoms. The van der Waals surface area contributed by atoms with Crippen molar-refractivity contribution in [2.24, 2.45) is 11.8 Å². The van der Waals surface area contributed by atoms with Gasteiger partial charge in [-0.1, -0.05) is 26.8 Å². The monoisotopic (exact) mass is 541 g/mol. The predicted molar refractivity (Wildman–Crippen MR) is 144 cm³/mol. The zero-order chi connectivity index (χ0) is 27.4. The average Bonchev–Trinajstić information content (AvgIpc) is 2.88. The van der Waals surface area contributed by atoms with E-state index in [1.54, 1.807) is 12.1 Å². The first-order chi connectivity index (χ1) is 18.0. The molecular weight excluding hydrogens is 509 g/mol. The lowest BCUT2D eigenvalue weighted by atomic mass is 9.98. The number of nitrogens with one attached hydrogen (secondary N) is 1. The molecule has 3 N–H and O–H groups in total. The van der Waals surface area contributed by atoms with Crippen molar-refractivity contribution in [3.8, 4) is 17.0 Å². The highest BCUT2D eigenvalue weighted by Crippen LogP contribution is 2.31. The Kier molecular flexibility index (Phi) is 8.15. The number of hydrogen-bond donors (Lipinski definition) is 2. The van der Waals surface area contributed by atoms with Crippen LogP contribution in [-0.4, -0.2) is 44.0 Å². The molecule has 38 heavy (non-hydrogen) atoms. The number of nitrogens with two attached hydrogens (primary N) is 1. The summed E-state index contributed by atoms with van der Waals surface area (Å²) >= 11 is 0. The van der Waals surface area contributed by atoms with Crippen LogP contribution in [0.15, 0.2) is 53.6 Å². The van der Waals surface area contributed by atoms with Gasteiger partial charge in [0.25, 0.3) is 15.9 Å². The molecule has 1 aromatic carbocycles. The number of pyridine rings is 2. The third-order valence-electron chi connectivity index (χ3n) is 6.25. The molecule has 0 aliphatic carbocycles. The number of ether oxygens (including phenoxy) is 1. The Labute approximate surface area is 222 Å². The number of hydrogen-bond acceptors (Lipinski definition) is 8. The Bertz CT molecular complexity index is 1420. The van der Waals surface area contributed by atoms with E-state index in [9.17, 15) is 17.6 Å². The second kappa shape index (κ2) is 11.3. The van der Waals surface area contributed by atoms with Gasteiger partial charge in [-0.05, 0) is 67.1 Å². The molecule has 0 saturated carbocycles. The molecule has 0 spiro atoms. The molecule has 0 atom stereocenters. The van der Waals surface area contributed by atoms with Gasteiger partial charge in [-0.25, -0.2) is 19.1 Å². The van der Waals surface area contributed by atoms with Crippen LogP contribution in [0.3, 0.4) is 0 Å². The quantitative estimate of drug-likeness (QED) is 0.433. The second-order valence-electron chi connectivity index (χ2n) is 9.92. The van der Waals surface area contributed by atoms with Gasteiger partial charge in [0.2, 0.25) is 0 Å². The number of piperidine rings is 1. The van der Waals surface area contributed by atoms with E-state index < -0.39 is 21.7 Å². The van der Waals surface area contributed by atoms with Crippen molar-refractivity contribution >= 4 is 27.6 Å². The number of rotatable bonds is 8. The molecule has 1 aliphatic heterocycles. The summed E-state index contributed by atoms with van der Waals surface area (Å²) in [6.45, 7) is 7.92. The summed E-state index contributed by atoms with van der Waals surface area (Å²) in [5.74, 6) is 0.260. The average molecular weight is 542 g/mol. The number of aromatic nitrogens is 2. The van der Waals surface area contributed by atoms with Crippen molar-refractivity contribution in [1.82, 2.24) is 14.7 Å². The molecule has 2 aromatic heterocycles. The summed E-state index contributed by atoms with van der Waals surface area (Å²) in [6.07, 6.45) is 1.76. The Balaban J connectivity index is 1.71. The molecule has 3 heterocycles. The highest BCUT2D eigenvalue weighted by Gasteiger charge is 2.27. The number of carbonyl (C=O) groups is 1. The van der Waals surface area contributed by atoms with E-state index in [0.717, 1.165) is 12.8 Å². The third-order valence-corrected chi connectivity index (χ3v) is 7.48. The van der Waals surface area contributed by atoms with Crippen LogP contribution >= 0.6 is 0 Å². The fraction of sp³-hybridized carbons (Fsp3) is 0.370.